The van der Waals surface area contributed by atoms with Crippen molar-refractivity contribution in [2.75, 3.05) is 5.73 Å². The quantitative estimate of drug-likeness (QED) is 0.689. The Labute approximate surface area is 132 Å². The lowest BCUT2D eigenvalue weighted by Gasteiger charge is -2.08. The van der Waals surface area contributed by atoms with E-state index in [9.17, 15) is 4.79 Å². The maximum atomic E-state index is 12.0. The number of anilines is 1. The number of carbonyl (C=O) groups excluding carboxylic acids is 1. The van der Waals surface area contributed by atoms with E-state index in [1.54, 1.807) is 17.7 Å². The van der Waals surface area contributed by atoms with E-state index in [4.69, 9.17) is 33.7 Å². The molecule has 0 saturated heterocycles. The predicted molar refractivity (Wildman–Crippen MR) is 82.6 cm³/mol. The molecule has 1 heterocycles. The van der Waals surface area contributed by atoms with Gasteiger partial charge in [0.15, 0.2) is 0 Å². The highest BCUT2D eigenvalue weighted by atomic mass is 35.5. The van der Waals surface area contributed by atoms with Gasteiger partial charge in [0, 0.05) is 12.2 Å². The highest BCUT2D eigenvalue weighted by molar-refractivity contribution is 6.34. The van der Waals surface area contributed by atoms with Crippen LogP contribution in [0.4, 0.5) is 5.69 Å². The number of esters is 1. The molecule has 112 valence electrons. The molecule has 2 rings (SSSR count). The van der Waals surface area contributed by atoms with E-state index in [-0.39, 0.29) is 17.2 Å². The van der Waals surface area contributed by atoms with Gasteiger partial charge in [0.25, 0.3) is 0 Å². The summed E-state index contributed by atoms with van der Waals surface area (Å²) in [5.74, 6) is -0.530. The van der Waals surface area contributed by atoms with Crippen LogP contribution in [0.1, 0.15) is 28.7 Å². The summed E-state index contributed by atoms with van der Waals surface area (Å²) in [6, 6.07) is 4.63. The summed E-state index contributed by atoms with van der Waals surface area (Å²) in [5, 5.41) is 5.02. The van der Waals surface area contributed by atoms with E-state index in [2.05, 4.69) is 5.10 Å². The fraction of sp³-hybridized carbons (Fsp3) is 0.286. The fourth-order valence-corrected chi connectivity index (χ4v) is 2.37. The first-order valence-electron chi connectivity index (χ1n) is 6.38. The number of halogens is 2. The zero-order valence-electron chi connectivity index (χ0n) is 11.7. The topological polar surface area (TPSA) is 70.1 Å². The van der Waals surface area contributed by atoms with Gasteiger partial charge in [0.05, 0.1) is 27.0 Å². The smallest absolute Gasteiger partial charge is 0.340 e. The summed E-state index contributed by atoms with van der Waals surface area (Å²) in [4.78, 5) is 12.0. The predicted octanol–water partition coefficient (Wildman–Crippen LogP) is 3.46. The molecule has 0 atom stereocenters. The van der Waals surface area contributed by atoms with Gasteiger partial charge >= 0.3 is 5.97 Å². The molecule has 0 aliphatic heterocycles. The number of nitrogens with two attached hydrogens (primary N) is 1. The molecule has 0 aliphatic rings. The van der Waals surface area contributed by atoms with E-state index in [1.807, 2.05) is 6.92 Å². The molecule has 0 radical (unpaired) electrons. The summed E-state index contributed by atoms with van der Waals surface area (Å²) >= 11 is 12.1. The van der Waals surface area contributed by atoms with Gasteiger partial charge in [-0.3, -0.25) is 4.68 Å². The third kappa shape index (κ3) is 3.31. The van der Waals surface area contributed by atoms with Crippen LogP contribution in [0.2, 0.25) is 10.0 Å². The molecule has 0 unspecified atom stereocenters. The van der Waals surface area contributed by atoms with Gasteiger partial charge in [-0.25, -0.2) is 4.79 Å². The molecule has 0 fully saturated rings. The normalized spacial score (nSPS) is 10.7. The van der Waals surface area contributed by atoms with Crippen LogP contribution in [0.15, 0.2) is 18.2 Å². The van der Waals surface area contributed by atoms with Crippen molar-refractivity contribution in [3.63, 3.8) is 0 Å². The Morgan fingerprint density at radius 1 is 1.43 bits per heavy atom. The number of benzene rings is 1. The molecule has 21 heavy (non-hydrogen) atoms. The standard InChI is InChI=1S/C14H15Cl2N3O2/c1-3-19-12(13(16)8(2)18-19)7-21-14(20)10-5-4-9(17)6-11(10)15/h4-6H,3,7,17H2,1-2H3. The van der Waals surface area contributed by atoms with Crippen LogP contribution in [0.25, 0.3) is 0 Å². The minimum absolute atomic E-state index is 0.0348. The first-order chi connectivity index (χ1) is 9.93. The SMILES string of the molecule is CCn1nc(C)c(Cl)c1COC(=O)c1ccc(N)cc1Cl. The number of aryl methyl sites for hydroxylation is 2. The average molecular weight is 328 g/mol. The Bertz CT molecular complexity index is 683. The summed E-state index contributed by atoms with van der Waals surface area (Å²) in [6.07, 6.45) is 0. The van der Waals surface area contributed by atoms with Crippen LogP contribution in [-0.2, 0) is 17.9 Å². The van der Waals surface area contributed by atoms with Crippen molar-refractivity contribution >= 4 is 34.9 Å². The number of aromatic nitrogens is 2. The molecular weight excluding hydrogens is 313 g/mol. The monoisotopic (exact) mass is 327 g/mol. The summed E-state index contributed by atoms with van der Waals surface area (Å²) in [7, 11) is 0. The molecule has 1 aromatic carbocycles. The van der Waals surface area contributed by atoms with Crippen molar-refractivity contribution in [3.05, 3.63) is 45.2 Å². The molecule has 7 heteroatoms. The van der Waals surface area contributed by atoms with Crippen LogP contribution < -0.4 is 5.73 Å². The lowest BCUT2D eigenvalue weighted by Crippen LogP contribution is -2.10. The molecule has 1 aromatic heterocycles. The van der Waals surface area contributed by atoms with Gasteiger partial charge in [-0.1, -0.05) is 23.2 Å². The van der Waals surface area contributed by atoms with Gasteiger partial charge in [-0.2, -0.15) is 5.10 Å². The van der Waals surface area contributed by atoms with Crippen molar-refractivity contribution in [3.8, 4) is 0 Å². The van der Waals surface area contributed by atoms with Gasteiger partial charge in [0.2, 0.25) is 0 Å². The highest BCUT2D eigenvalue weighted by Crippen LogP contribution is 2.23. The largest absolute Gasteiger partial charge is 0.455 e. The second-order valence-corrected chi connectivity index (χ2v) is 5.26. The minimum atomic E-state index is -0.530. The molecule has 2 aromatic rings. The first-order valence-corrected chi connectivity index (χ1v) is 7.13. The zero-order valence-corrected chi connectivity index (χ0v) is 13.2. The van der Waals surface area contributed by atoms with Crippen molar-refractivity contribution in [2.24, 2.45) is 0 Å². The van der Waals surface area contributed by atoms with E-state index in [1.165, 1.54) is 12.1 Å². The van der Waals surface area contributed by atoms with Crippen molar-refractivity contribution in [2.45, 2.75) is 27.0 Å². The molecule has 5 nitrogen and oxygen atoms in total. The molecule has 0 amide bonds. The lowest BCUT2D eigenvalue weighted by molar-refractivity contribution is 0.0463. The summed E-state index contributed by atoms with van der Waals surface area (Å²) < 4.78 is 6.97. The summed E-state index contributed by atoms with van der Waals surface area (Å²) in [5.41, 5.74) is 7.71. The maximum absolute atomic E-state index is 12.0. The van der Waals surface area contributed by atoms with Gasteiger partial charge < -0.3 is 10.5 Å². The Morgan fingerprint density at radius 3 is 2.76 bits per heavy atom. The maximum Gasteiger partial charge on any atom is 0.340 e. The Kier molecular flexibility index (Phi) is 4.75. The second-order valence-electron chi connectivity index (χ2n) is 4.48. The van der Waals surface area contributed by atoms with Gasteiger partial charge in [-0.15, -0.1) is 0 Å². The molecule has 2 N–H and O–H groups in total. The van der Waals surface area contributed by atoms with Crippen LogP contribution >= 0.6 is 23.2 Å². The van der Waals surface area contributed by atoms with E-state index in [0.29, 0.717) is 28.6 Å². The molecular formula is C14H15Cl2N3O2. The van der Waals surface area contributed by atoms with Gasteiger partial charge in [0.1, 0.15) is 6.61 Å². The number of ether oxygens (including phenoxy) is 1. The number of hydrogen-bond donors (Lipinski definition) is 1. The Balaban J connectivity index is 2.14. The van der Waals surface area contributed by atoms with Crippen LogP contribution in [-0.4, -0.2) is 15.7 Å². The number of nitrogens with zero attached hydrogens (tertiary/aromatic N) is 2. The third-order valence-corrected chi connectivity index (χ3v) is 3.81. The highest BCUT2D eigenvalue weighted by Gasteiger charge is 2.17. The zero-order chi connectivity index (χ0) is 15.6. The van der Waals surface area contributed by atoms with E-state index >= 15 is 0 Å². The molecule has 0 aliphatic carbocycles. The van der Waals surface area contributed by atoms with Crippen molar-refractivity contribution < 1.29 is 9.53 Å². The van der Waals surface area contributed by atoms with Crippen LogP contribution in [0.3, 0.4) is 0 Å². The third-order valence-electron chi connectivity index (χ3n) is 3.01. The van der Waals surface area contributed by atoms with E-state index in [0.717, 1.165) is 0 Å². The van der Waals surface area contributed by atoms with Crippen molar-refractivity contribution in [1.82, 2.24) is 9.78 Å². The number of nitrogen functional groups attached to an aromatic ring is 1. The van der Waals surface area contributed by atoms with Gasteiger partial charge in [-0.05, 0) is 32.0 Å². The average Bonchev–Trinajstić information content (AvgIpc) is 2.71. The van der Waals surface area contributed by atoms with Crippen molar-refractivity contribution in [1.29, 1.82) is 0 Å². The Hall–Kier alpha value is -1.72. The van der Waals surface area contributed by atoms with Crippen LogP contribution in [0, 0.1) is 6.92 Å². The van der Waals surface area contributed by atoms with E-state index < -0.39 is 5.97 Å². The number of carbonyl (C=O) groups is 1. The fourth-order valence-electron chi connectivity index (χ4n) is 1.92. The lowest BCUT2D eigenvalue weighted by atomic mass is 10.2. The van der Waals surface area contributed by atoms with Crippen LogP contribution in [0.5, 0.6) is 0 Å². The molecule has 0 spiro atoms. The Morgan fingerprint density at radius 2 is 2.14 bits per heavy atom. The minimum Gasteiger partial charge on any atom is -0.455 e. The second kappa shape index (κ2) is 6.37. The number of hydrogen-bond acceptors (Lipinski definition) is 4. The summed E-state index contributed by atoms with van der Waals surface area (Å²) in [6.45, 7) is 4.41. The number of rotatable bonds is 4. The molecule has 0 saturated carbocycles. The molecule has 0 bridgehead atoms. The first kappa shape index (κ1) is 15.7.